The molecule has 4 aromatic rings. The fourth-order valence-corrected chi connectivity index (χ4v) is 2.73. The SMILES string of the molecule is Cc1nccn1-c1ccc(NC(=O)Cn2c(=O)oc3ccccc32)cn1. The fraction of sp³-hybridized carbons (Fsp3) is 0.111. The number of aromatic nitrogens is 4. The first-order valence-corrected chi connectivity index (χ1v) is 7.96. The molecule has 3 aromatic heterocycles. The Kier molecular flexibility index (Phi) is 3.85. The Labute approximate surface area is 147 Å². The van der Waals surface area contributed by atoms with Crippen molar-refractivity contribution in [2.75, 3.05) is 5.32 Å². The number of aryl methyl sites for hydroxylation is 1. The molecule has 1 N–H and O–H groups in total. The predicted molar refractivity (Wildman–Crippen MR) is 95.2 cm³/mol. The second-order valence-electron chi connectivity index (χ2n) is 5.72. The topological polar surface area (TPSA) is 95.0 Å². The van der Waals surface area contributed by atoms with Crippen molar-refractivity contribution in [3.8, 4) is 5.82 Å². The van der Waals surface area contributed by atoms with Gasteiger partial charge in [0.05, 0.1) is 17.4 Å². The van der Waals surface area contributed by atoms with Crippen LogP contribution < -0.4 is 11.1 Å². The Morgan fingerprint density at radius 1 is 1.19 bits per heavy atom. The highest BCUT2D eigenvalue weighted by Gasteiger charge is 2.12. The number of pyridine rings is 1. The van der Waals surface area contributed by atoms with Gasteiger partial charge in [0, 0.05) is 12.4 Å². The summed E-state index contributed by atoms with van der Waals surface area (Å²) < 4.78 is 8.25. The lowest BCUT2D eigenvalue weighted by Gasteiger charge is -2.07. The first-order valence-electron chi connectivity index (χ1n) is 7.96. The van der Waals surface area contributed by atoms with Gasteiger partial charge in [-0.2, -0.15) is 0 Å². The zero-order chi connectivity index (χ0) is 18.1. The summed E-state index contributed by atoms with van der Waals surface area (Å²) in [5.74, 6) is 0.618. The molecule has 0 spiro atoms. The van der Waals surface area contributed by atoms with Crippen molar-refractivity contribution in [2.45, 2.75) is 13.5 Å². The van der Waals surface area contributed by atoms with E-state index in [1.54, 1.807) is 48.8 Å². The number of fused-ring (bicyclic) bond motifs is 1. The Hall–Kier alpha value is -3.68. The van der Waals surface area contributed by atoms with Crippen LogP contribution in [0.25, 0.3) is 16.9 Å². The molecule has 0 saturated heterocycles. The number of nitrogens with zero attached hydrogens (tertiary/aromatic N) is 4. The van der Waals surface area contributed by atoms with E-state index in [-0.39, 0.29) is 12.5 Å². The highest BCUT2D eigenvalue weighted by Crippen LogP contribution is 2.13. The maximum Gasteiger partial charge on any atom is 0.420 e. The number of oxazole rings is 1. The first kappa shape index (κ1) is 15.8. The molecular weight excluding hydrogens is 334 g/mol. The van der Waals surface area contributed by atoms with E-state index in [4.69, 9.17) is 4.42 Å². The molecule has 1 amide bonds. The molecule has 0 atom stereocenters. The van der Waals surface area contributed by atoms with E-state index in [0.717, 1.165) is 5.82 Å². The van der Waals surface area contributed by atoms with Crippen molar-refractivity contribution in [3.63, 3.8) is 0 Å². The highest BCUT2D eigenvalue weighted by molar-refractivity contribution is 5.91. The van der Waals surface area contributed by atoms with Crippen LogP contribution in [-0.4, -0.2) is 25.0 Å². The average molecular weight is 349 g/mol. The lowest BCUT2D eigenvalue weighted by Crippen LogP contribution is -2.24. The monoisotopic (exact) mass is 349 g/mol. The van der Waals surface area contributed by atoms with Crippen LogP contribution in [0, 0.1) is 6.92 Å². The van der Waals surface area contributed by atoms with Crippen molar-refractivity contribution in [3.05, 3.63) is 71.4 Å². The number of para-hydroxylation sites is 2. The number of hydrogen-bond acceptors (Lipinski definition) is 5. The Bertz CT molecular complexity index is 1140. The molecule has 3 heterocycles. The van der Waals surface area contributed by atoms with Crippen LogP contribution in [0.3, 0.4) is 0 Å². The summed E-state index contributed by atoms with van der Waals surface area (Å²) in [5, 5.41) is 2.73. The van der Waals surface area contributed by atoms with Gasteiger partial charge in [0.25, 0.3) is 0 Å². The number of nitrogens with one attached hydrogen (secondary N) is 1. The zero-order valence-corrected chi connectivity index (χ0v) is 13.9. The van der Waals surface area contributed by atoms with Gasteiger partial charge in [-0.15, -0.1) is 0 Å². The molecule has 130 valence electrons. The van der Waals surface area contributed by atoms with Gasteiger partial charge in [-0.1, -0.05) is 12.1 Å². The Balaban J connectivity index is 1.50. The van der Waals surface area contributed by atoms with Crippen LogP contribution in [0.5, 0.6) is 0 Å². The number of benzene rings is 1. The summed E-state index contributed by atoms with van der Waals surface area (Å²) in [6.07, 6.45) is 5.06. The normalized spacial score (nSPS) is 11.0. The Morgan fingerprint density at radius 3 is 2.77 bits per heavy atom. The molecular formula is C18H15N5O3. The number of anilines is 1. The first-order chi connectivity index (χ1) is 12.6. The summed E-state index contributed by atoms with van der Waals surface area (Å²) in [6, 6.07) is 10.5. The van der Waals surface area contributed by atoms with Gasteiger partial charge in [0.2, 0.25) is 5.91 Å². The van der Waals surface area contributed by atoms with Crippen molar-refractivity contribution >= 4 is 22.7 Å². The average Bonchev–Trinajstić information content (AvgIpc) is 3.19. The van der Waals surface area contributed by atoms with Crippen molar-refractivity contribution in [1.29, 1.82) is 0 Å². The number of amides is 1. The van der Waals surface area contributed by atoms with Gasteiger partial charge in [-0.25, -0.2) is 14.8 Å². The third-order valence-electron chi connectivity index (χ3n) is 3.98. The van der Waals surface area contributed by atoms with Gasteiger partial charge < -0.3 is 9.73 Å². The summed E-state index contributed by atoms with van der Waals surface area (Å²) >= 11 is 0. The van der Waals surface area contributed by atoms with Crippen LogP contribution in [0.2, 0.25) is 0 Å². The molecule has 8 nitrogen and oxygen atoms in total. The third kappa shape index (κ3) is 2.88. The van der Waals surface area contributed by atoms with Crippen LogP contribution in [0.15, 0.2) is 64.2 Å². The number of carbonyl (C=O) groups is 1. The number of carbonyl (C=O) groups excluding carboxylic acids is 1. The quantitative estimate of drug-likeness (QED) is 0.609. The minimum atomic E-state index is -0.564. The number of rotatable bonds is 4. The standard InChI is InChI=1S/C18H15N5O3/c1-12-19-8-9-22(12)16-7-6-13(10-20-16)21-17(24)11-23-14-4-2-3-5-15(14)26-18(23)25/h2-10H,11H2,1H3,(H,21,24). The van der Waals surface area contributed by atoms with Crippen LogP contribution in [0.1, 0.15) is 5.82 Å². The summed E-state index contributed by atoms with van der Waals surface area (Å²) in [7, 11) is 0. The number of hydrogen-bond donors (Lipinski definition) is 1. The molecule has 0 saturated carbocycles. The molecule has 0 aliphatic heterocycles. The van der Waals surface area contributed by atoms with Gasteiger partial charge in [-0.3, -0.25) is 13.9 Å². The minimum Gasteiger partial charge on any atom is -0.408 e. The molecule has 0 bridgehead atoms. The van der Waals surface area contributed by atoms with Gasteiger partial charge in [-0.05, 0) is 31.2 Å². The molecule has 0 aliphatic rings. The summed E-state index contributed by atoms with van der Waals surface area (Å²) in [6.45, 7) is 1.74. The van der Waals surface area contributed by atoms with Crippen LogP contribution >= 0.6 is 0 Å². The molecule has 0 radical (unpaired) electrons. The summed E-state index contributed by atoms with van der Waals surface area (Å²) in [4.78, 5) is 32.7. The molecule has 26 heavy (non-hydrogen) atoms. The van der Waals surface area contributed by atoms with Crippen molar-refractivity contribution < 1.29 is 9.21 Å². The molecule has 1 aromatic carbocycles. The highest BCUT2D eigenvalue weighted by atomic mass is 16.4. The predicted octanol–water partition coefficient (Wildman–Crippen LogP) is 2.12. The molecule has 4 rings (SSSR count). The number of imidazole rings is 1. The minimum absolute atomic E-state index is 0.141. The van der Waals surface area contributed by atoms with E-state index in [1.165, 1.54) is 4.57 Å². The van der Waals surface area contributed by atoms with E-state index in [9.17, 15) is 9.59 Å². The van der Waals surface area contributed by atoms with E-state index >= 15 is 0 Å². The largest absolute Gasteiger partial charge is 0.420 e. The van der Waals surface area contributed by atoms with E-state index in [2.05, 4.69) is 15.3 Å². The maximum atomic E-state index is 12.3. The lowest BCUT2D eigenvalue weighted by atomic mass is 10.3. The second kappa shape index (κ2) is 6.32. The second-order valence-corrected chi connectivity index (χ2v) is 5.72. The van der Waals surface area contributed by atoms with Gasteiger partial charge >= 0.3 is 5.76 Å². The van der Waals surface area contributed by atoms with Crippen LogP contribution in [-0.2, 0) is 11.3 Å². The van der Waals surface area contributed by atoms with Gasteiger partial charge in [0.1, 0.15) is 18.2 Å². The fourth-order valence-electron chi connectivity index (χ4n) is 2.73. The summed E-state index contributed by atoms with van der Waals surface area (Å²) in [5.41, 5.74) is 1.57. The van der Waals surface area contributed by atoms with Crippen LogP contribution in [0.4, 0.5) is 5.69 Å². The smallest absolute Gasteiger partial charge is 0.408 e. The Morgan fingerprint density at radius 2 is 2.04 bits per heavy atom. The lowest BCUT2D eigenvalue weighted by molar-refractivity contribution is -0.116. The van der Waals surface area contributed by atoms with Crippen molar-refractivity contribution in [1.82, 2.24) is 19.1 Å². The van der Waals surface area contributed by atoms with E-state index in [0.29, 0.717) is 22.6 Å². The van der Waals surface area contributed by atoms with Crippen molar-refractivity contribution in [2.24, 2.45) is 0 Å². The zero-order valence-electron chi connectivity index (χ0n) is 13.9. The van der Waals surface area contributed by atoms with E-state index < -0.39 is 5.76 Å². The van der Waals surface area contributed by atoms with E-state index in [1.807, 2.05) is 17.7 Å². The maximum absolute atomic E-state index is 12.3. The molecule has 0 fully saturated rings. The molecule has 0 aliphatic carbocycles. The third-order valence-corrected chi connectivity index (χ3v) is 3.98. The van der Waals surface area contributed by atoms with Gasteiger partial charge in [0.15, 0.2) is 5.58 Å². The molecule has 8 heteroatoms. The molecule has 0 unspecified atom stereocenters.